The molecule has 2 aromatic carbocycles. The highest BCUT2D eigenvalue weighted by molar-refractivity contribution is 5.99. The summed E-state index contributed by atoms with van der Waals surface area (Å²) in [6.07, 6.45) is 1.33. The highest BCUT2D eigenvalue weighted by Gasteiger charge is 2.32. The average Bonchev–Trinajstić information content (AvgIpc) is 3.63. The predicted molar refractivity (Wildman–Crippen MR) is 138 cm³/mol. The largest absolute Gasteiger partial charge is 0.354 e. The quantitative estimate of drug-likeness (QED) is 0.447. The van der Waals surface area contributed by atoms with Crippen molar-refractivity contribution in [1.29, 1.82) is 0 Å². The van der Waals surface area contributed by atoms with Crippen LogP contribution in [0.5, 0.6) is 0 Å². The highest BCUT2D eigenvalue weighted by atomic mass is 19.1. The molecule has 0 atom stereocenters. The Bertz CT molecular complexity index is 1850. The Morgan fingerprint density at radius 1 is 1.00 bits per heavy atom. The second-order valence-corrected chi connectivity index (χ2v) is 9.72. The number of hydrogen-bond acceptors (Lipinski definition) is 5. The molecule has 1 aliphatic heterocycles. The number of carbonyl (C=O) groups is 1. The van der Waals surface area contributed by atoms with Gasteiger partial charge in [0.05, 0.1) is 11.4 Å². The maximum absolute atomic E-state index is 15.2. The zero-order valence-electron chi connectivity index (χ0n) is 20.5. The molecular weight excluding hydrogens is 477 g/mol. The fourth-order valence-electron chi connectivity index (χ4n) is 5.07. The van der Waals surface area contributed by atoms with Gasteiger partial charge in [0.15, 0.2) is 0 Å². The molecule has 1 aliphatic carbocycles. The van der Waals surface area contributed by atoms with Gasteiger partial charge in [0, 0.05) is 36.4 Å². The SMILES string of the molecule is Cc1ccc(-n2c(=O)n(C3CC3)c(=O)c3c(Nc4ccc5c(c4)CNC5=O)c(C)c(=O)n(C)c32)c(F)c1. The fourth-order valence-corrected chi connectivity index (χ4v) is 5.07. The Labute approximate surface area is 209 Å². The number of halogens is 1. The van der Waals surface area contributed by atoms with Crippen LogP contribution in [0.3, 0.4) is 0 Å². The van der Waals surface area contributed by atoms with Crippen molar-refractivity contribution in [2.24, 2.45) is 7.05 Å². The summed E-state index contributed by atoms with van der Waals surface area (Å²) in [6, 6.07) is 9.34. The first-order valence-corrected chi connectivity index (χ1v) is 12.0. The van der Waals surface area contributed by atoms with Crippen molar-refractivity contribution >= 4 is 28.3 Å². The number of aromatic nitrogens is 3. The van der Waals surface area contributed by atoms with E-state index in [-0.39, 0.29) is 39.9 Å². The molecule has 37 heavy (non-hydrogen) atoms. The minimum Gasteiger partial charge on any atom is -0.354 e. The summed E-state index contributed by atoms with van der Waals surface area (Å²) in [5, 5.41) is 6.08. The van der Waals surface area contributed by atoms with Crippen LogP contribution < -0.4 is 27.4 Å². The lowest BCUT2D eigenvalue weighted by Crippen LogP contribution is -2.42. The minimum absolute atomic E-state index is 0.00533. The molecule has 2 aliphatic rings. The van der Waals surface area contributed by atoms with Gasteiger partial charge in [-0.1, -0.05) is 6.07 Å². The van der Waals surface area contributed by atoms with Crippen LogP contribution in [-0.4, -0.2) is 19.6 Å². The molecule has 0 saturated heterocycles. The summed E-state index contributed by atoms with van der Waals surface area (Å²) >= 11 is 0. The van der Waals surface area contributed by atoms with Crippen LogP contribution in [0.15, 0.2) is 50.8 Å². The second kappa shape index (κ2) is 8.02. The molecule has 10 heteroatoms. The van der Waals surface area contributed by atoms with Crippen molar-refractivity contribution in [1.82, 2.24) is 19.0 Å². The molecule has 0 unspecified atom stereocenters. The molecule has 6 rings (SSSR count). The smallest absolute Gasteiger partial charge is 0.337 e. The molecule has 1 amide bonds. The third-order valence-electron chi connectivity index (χ3n) is 7.15. The molecule has 0 spiro atoms. The molecule has 1 fully saturated rings. The standard InChI is InChI=1S/C27H24FN5O4/c1-13-4-9-20(19(28)10-13)33-24-21(26(36)32(27(33)37)17-6-7-17)22(14(2)25(35)31(24)3)30-16-5-8-18-15(11-16)12-29-23(18)34/h4-5,8-11,17,30H,6-7,12H2,1-3H3,(H,29,34). The Morgan fingerprint density at radius 3 is 2.46 bits per heavy atom. The summed E-state index contributed by atoms with van der Waals surface area (Å²) in [6.45, 7) is 3.71. The molecule has 0 radical (unpaired) electrons. The zero-order chi connectivity index (χ0) is 26.2. The number of amides is 1. The van der Waals surface area contributed by atoms with Crippen LogP contribution >= 0.6 is 0 Å². The number of nitrogens with zero attached hydrogens (tertiary/aromatic N) is 3. The van der Waals surface area contributed by atoms with Gasteiger partial charge < -0.3 is 10.6 Å². The van der Waals surface area contributed by atoms with Gasteiger partial charge in [-0.15, -0.1) is 0 Å². The van der Waals surface area contributed by atoms with E-state index in [1.54, 1.807) is 38.1 Å². The number of anilines is 2. The lowest BCUT2D eigenvalue weighted by Gasteiger charge is -2.21. The van der Waals surface area contributed by atoms with Crippen molar-refractivity contribution < 1.29 is 9.18 Å². The topological polar surface area (TPSA) is 107 Å². The van der Waals surface area contributed by atoms with Gasteiger partial charge in [-0.3, -0.25) is 23.5 Å². The van der Waals surface area contributed by atoms with Crippen molar-refractivity contribution in [3.05, 3.63) is 95.7 Å². The summed E-state index contributed by atoms with van der Waals surface area (Å²) in [7, 11) is 1.47. The summed E-state index contributed by atoms with van der Waals surface area (Å²) in [5.74, 6) is -0.795. The first-order valence-electron chi connectivity index (χ1n) is 12.0. The van der Waals surface area contributed by atoms with Crippen molar-refractivity contribution in [2.45, 2.75) is 39.3 Å². The molecule has 9 nitrogen and oxygen atoms in total. The van der Waals surface area contributed by atoms with Gasteiger partial charge in [-0.05, 0) is 68.1 Å². The van der Waals surface area contributed by atoms with E-state index in [2.05, 4.69) is 10.6 Å². The Balaban J connectivity index is 1.71. The maximum atomic E-state index is 15.2. The molecule has 0 bridgehead atoms. The monoisotopic (exact) mass is 501 g/mol. The third kappa shape index (κ3) is 3.43. The van der Waals surface area contributed by atoms with E-state index in [9.17, 15) is 19.2 Å². The summed E-state index contributed by atoms with van der Waals surface area (Å²) in [4.78, 5) is 52.9. The van der Waals surface area contributed by atoms with Gasteiger partial charge >= 0.3 is 5.69 Å². The Kier molecular flexibility index (Phi) is 4.98. The van der Waals surface area contributed by atoms with E-state index >= 15 is 4.39 Å². The first kappa shape index (κ1) is 23.0. The zero-order valence-corrected chi connectivity index (χ0v) is 20.5. The van der Waals surface area contributed by atoms with Crippen LogP contribution in [0.25, 0.3) is 16.7 Å². The molecule has 3 heterocycles. The van der Waals surface area contributed by atoms with Gasteiger partial charge in [0.25, 0.3) is 17.0 Å². The molecule has 188 valence electrons. The highest BCUT2D eigenvalue weighted by Crippen LogP contribution is 2.34. The predicted octanol–water partition coefficient (Wildman–Crippen LogP) is 2.93. The number of rotatable bonds is 4. The van der Waals surface area contributed by atoms with Crippen LogP contribution in [-0.2, 0) is 13.6 Å². The van der Waals surface area contributed by atoms with Crippen molar-refractivity contribution in [3.63, 3.8) is 0 Å². The van der Waals surface area contributed by atoms with Gasteiger partial charge in [-0.25, -0.2) is 13.8 Å². The molecule has 2 N–H and O–H groups in total. The van der Waals surface area contributed by atoms with E-state index < -0.39 is 22.6 Å². The van der Waals surface area contributed by atoms with E-state index in [0.717, 1.165) is 10.1 Å². The number of aryl methyl sites for hydroxylation is 2. The van der Waals surface area contributed by atoms with Gasteiger partial charge in [0.2, 0.25) is 0 Å². The van der Waals surface area contributed by atoms with Gasteiger partial charge in [0.1, 0.15) is 16.9 Å². The van der Waals surface area contributed by atoms with Crippen molar-refractivity contribution in [2.75, 3.05) is 5.32 Å². The number of fused-ring (bicyclic) bond motifs is 2. The second-order valence-electron chi connectivity index (χ2n) is 9.72. The van der Waals surface area contributed by atoms with E-state index in [1.807, 2.05) is 0 Å². The average molecular weight is 502 g/mol. The lowest BCUT2D eigenvalue weighted by atomic mass is 10.1. The molecule has 1 saturated carbocycles. The number of hydrogen-bond donors (Lipinski definition) is 2. The Morgan fingerprint density at radius 2 is 1.76 bits per heavy atom. The van der Waals surface area contributed by atoms with Crippen molar-refractivity contribution in [3.8, 4) is 5.69 Å². The number of nitrogens with one attached hydrogen (secondary N) is 2. The first-order chi connectivity index (χ1) is 17.7. The van der Waals surface area contributed by atoms with E-state index in [0.29, 0.717) is 36.2 Å². The molecule has 4 aromatic rings. The van der Waals surface area contributed by atoms with E-state index in [4.69, 9.17) is 0 Å². The third-order valence-corrected chi connectivity index (χ3v) is 7.15. The maximum Gasteiger partial charge on any atom is 0.337 e. The Hall–Kier alpha value is -4.47. The lowest BCUT2D eigenvalue weighted by molar-refractivity contribution is 0.0965. The number of carbonyl (C=O) groups excluding carboxylic acids is 1. The normalized spacial score (nSPS) is 14.6. The fraction of sp³-hybridized carbons (Fsp3) is 0.259. The van der Waals surface area contributed by atoms with Crippen LogP contribution in [0.2, 0.25) is 0 Å². The number of pyridine rings is 1. The molecular formula is C27H24FN5O4. The van der Waals surface area contributed by atoms with E-state index in [1.165, 1.54) is 28.3 Å². The van der Waals surface area contributed by atoms with Crippen LogP contribution in [0.4, 0.5) is 15.8 Å². The summed E-state index contributed by atoms with van der Waals surface area (Å²) < 4.78 is 18.7. The van der Waals surface area contributed by atoms with Crippen LogP contribution in [0, 0.1) is 19.7 Å². The van der Waals surface area contributed by atoms with Crippen LogP contribution in [0.1, 0.15) is 45.9 Å². The van der Waals surface area contributed by atoms with Gasteiger partial charge in [-0.2, -0.15) is 0 Å². The summed E-state index contributed by atoms with van der Waals surface area (Å²) in [5.41, 5.74) is 1.43. The number of benzene rings is 2. The minimum atomic E-state index is -0.685. The molecule has 2 aromatic heterocycles.